The molecule has 7 fully saturated rings. The first-order valence-electron chi connectivity index (χ1n) is 27.1. The number of aromatic nitrogens is 2. The highest BCUT2D eigenvalue weighted by Gasteiger charge is 2.52. The van der Waals surface area contributed by atoms with E-state index < -0.39 is 22.8 Å². The Bertz CT molecular complexity index is 2760. The molecule has 0 bridgehead atoms. The molecule has 12 nitrogen and oxygen atoms in total. The highest BCUT2D eigenvalue weighted by atomic mass is 35.5. The van der Waals surface area contributed by atoms with Gasteiger partial charge in [0.05, 0.1) is 28.4 Å². The number of likely N-dealkylation sites (tertiary alicyclic amines) is 2. The number of carboxylic acid groups (broad SMARTS) is 2. The Morgan fingerprint density at radius 3 is 1.82 bits per heavy atom. The maximum absolute atomic E-state index is 12.3. The summed E-state index contributed by atoms with van der Waals surface area (Å²) in [6, 6.07) is 16.0. The van der Waals surface area contributed by atoms with E-state index in [-0.39, 0.29) is 24.2 Å². The molecule has 11 rings (SSSR count). The minimum absolute atomic E-state index is 0.220. The highest BCUT2D eigenvalue weighted by Crippen LogP contribution is 2.50. The number of nitrogens with zero attached hydrogens (tertiary/aromatic N) is 6. The van der Waals surface area contributed by atoms with Crippen molar-refractivity contribution in [2.24, 2.45) is 40.4 Å². The van der Waals surface area contributed by atoms with E-state index in [4.69, 9.17) is 65.8 Å². The Balaban J connectivity index is 0.798. The number of piperidine rings is 2. The Hall–Kier alpha value is -4.04. The second-order valence-electron chi connectivity index (χ2n) is 23.9. The van der Waals surface area contributed by atoms with Crippen LogP contribution in [0.1, 0.15) is 126 Å². The molecule has 396 valence electrons. The number of rotatable bonds is 17. The van der Waals surface area contributed by atoms with E-state index in [0.29, 0.717) is 68.6 Å². The molecule has 1 unspecified atom stereocenters. The molecule has 4 aliphatic heterocycles. The van der Waals surface area contributed by atoms with E-state index in [9.17, 15) is 19.8 Å². The van der Waals surface area contributed by atoms with Gasteiger partial charge in [0.25, 0.3) is 0 Å². The molecule has 16 heteroatoms. The molecule has 0 radical (unpaired) electrons. The zero-order valence-corrected chi connectivity index (χ0v) is 46.0. The van der Waals surface area contributed by atoms with Crippen LogP contribution in [-0.2, 0) is 16.0 Å². The first kappa shape index (κ1) is 52.0. The quantitative estimate of drug-likeness (QED) is 0.104. The van der Waals surface area contributed by atoms with Crippen LogP contribution in [0.2, 0.25) is 20.1 Å². The number of ether oxygens (including phenoxy) is 2. The monoisotopic (exact) mass is 1090 g/mol. The van der Waals surface area contributed by atoms with E-state index in [1.165, 1.54) is 6.42 Å². The molecule has 4 aromatic rings. The molecule has 3 aliphatic carbocycles. The standard InChI is InChI=1S/C58H70Cl4N6O6/c1-33(46-11-9-41(59)16-49(46)61)73-52-19-54(64-25-48(52)36-7-8-36)68-31-40(32-68)38-14-35(26-66(28-38)45-22-58(4,23-45)56(71)72)15-51-53(74-34(2)47-12-10-42(60)17-50(47)62)18-43(24-63-51)67-29-39(30-67)37-6-5-13-65(27-37)44-20-57(3,21-44)55(69)70/h9-12,16-19,24-25,33-40,44-45H,5-8,13-15,20-23,26-32H2,1-4H3,(H,69,70)(H,71,72)/t33-,34-,35?,37+,38+,44?,45?,57?,58?/m1/s1. The molecule has 2 aromatic carbocycles. The number of pyridine rings is 2. The third kappa shape index (κ3) is 10.7. The van der Waals surface area contributed by atoms with Crippen molar-refractivity contribution in [3.05, 3.63) is 103 Å². The molecule has 4 saturated heterocycles. The average molecular weight is 1090 g/mol. The number of halogens is 4. The van der Waals surface area contributed by atoms with Gasteiger partial charge in [-0.2, -0.15) is 0 Å². The number of hydrogen-bond donors (Lipinski definition) is 2. The number of carboxylic acids is 2. The topological polar surface area (TPSA) is 132 Å². The first-order valence-corrected chi connectivity index (χ1v) is 28.6. The number of aliphatic carboxylic acids is 2. The van der Waals surface area contributed by atoms with Crippen molar-refractivity contribution in [2.45, 2.75) is 122 Å². The van der Waals surface area contributed by atoms with E-state index in [0.717, 1.165) is 143 Å². The van der Waals surface area contributed by atoms with E-state index in [2.05, 4.69) is 31.7 Å². The summed E-state index contributed by atoms with van der Waals surface area (Å²) in [5.41, 5.74) is 3.59. The van der Waals surface area contributed by atoms with Gasteiger partial charge >= 0.3 is 11.9 Å². The van der Waals surface area contributed by atoms with Crippen molar-refractivity contribution in [1.29, 1.82) is 0 Å². The number of anilines is 2. The van der Waals surface area contributed by atoms with Crippen LogP contribution in [0, 0.1) is 40.4 Å². The van der Waals surface area contributed by atoms with Crippen molar-refractivity contribution in [3.63, 3.8) is 0 Å². The average Bonchev–Trinajstić information content (AvgIpc) is 4.15. The summed E-state index contributed by atoms with van der Waals surface area (Å²) >= 11 is 26.0. The maximum atomic E-state index is 12.3. The number of carbonyl (C=O) groups is 2. The Morgan fingerprint density at radius 2 is 1.23 bits per heavy atom. The SMILES string of the molecule is C[C@@H](Oc1cc(N2CC([C@H]3CC(Cc4ncc(N5CC([C@H]6CCCN(C7CC(C)(C(=O)O)C7)C6)C5)cc4O[C@H](C)c4ccc(Cl)cc4Cl)CN(C4CC(C)(C(=O)O)C4)C3)C2)ncc1C1CC1)c1ccc(Cl)cc1Cl. The lowest BCUT2D eigenvalue weighted by Gasteiger charge is -2.54. The minimum atomic E-state index is -0.711. The van der Waals surface area contributed by atoms with Crippen LogP contribution in [0.3, 0.4) is 0 Å². The van der Waals surface area contributed by atoms with E-state index in [1.807, 2.05) is 64.4 Å². The summed E-state index contributed by atoms with van der Waals surface area (Å²) < 4.78 is 13.6. The summed E-state index contributed by atoms with van der Waals surface area (Å²) in [7, 11) is 0. The van der Waals surface area contributed by atoms with Crippen molar-refractivity contribution < 1.29 is 29.3 Å². The first-order chi connectivity index (χ1) is 35.4. The van der Waals surface area contributed by atoms with Gasteiger partial charge in [-0.1, -0.05) is 58.5 Å². The van der Waals surface area contributed by atoms with Gasteiger partial charge in [0.2, 0.25) is 0 Å². The van der Waals surface area contributed by atoms with Crippen molar-refractivity contribution in [1.82, 2.24) is 19.8 Å². The minimum Gasteiger partial charge on any atom is -0.485 e. The van der Waals surface area contributed by atoms with Crippen LogP contribution in [-0.4, -0.2) is 106 Å². The molecule has 3 saturated carbocycles. The molecule has 5 atom stereocenters. The van der Waals surface area contributed by atoms with Gasteiger partial charge in [0, 0.05) is 113 Å². The third-order valence-corrected chi connectivity index (χ3v) is 19.6. The third-order valence-electron chi connectivity index (χ3n) is 18.4. The van der Waals surface area contributed by atoms with Gasteiger partial charge in [-0.15, -0.1) is 0 Å². The Morgan fingerprint density at radius 1 is 0.662 bits per heavy atom. The van der Waals surface area contributed by atoms with Crippen LogP contribution in [0.25, 0.3) is 0 Å². The zero-order chi connectivity index (χ0) is 51.8. The lowest BCUT2D eigenvalue weighted by molar-refractivity contribution is -0.159. The molecule has 0 spiro atoms. The zero-order valence-electron chi connectivity index (χ0n) is 43.0. The summed E-state index contributed by atoms with van der Waals surface area (Å²) in [6.45, 7) is 15.4. The number of benzene rings is 2. The van der Waals surface area contributed by atoms with Crippen LogP contribution in [0.5, 0.6) is 11.5 Å². The molecule has 74 heavy (non-hydrogen) atoms. The largest absolute Gasteiger partial charge is 0.485 e. The predicted molar refractivity (Wildman–Crippen MR) is 292 cm³/mol. The maximum Gasteiger partial charge on any atom is 0.309 e. The lowest BCUT2D eigenvalue weighted by atomic mass is 9.65. The molecule has 2 N–H and O–H groups in total. The van der Waals surface area contributed by atoms with Crippen molar-refractivity contribution in [3.8, 4) is 11.5 Å². The second-order valence-corrected chi connectivity index (χ2v) is 25.6. The van der Waals surface area contributed by atoms with Crippen molar-refractivity contribution >= 4 is 69.8 Å². The summed E-state index contributed by atoms with van der Waals surface area (Å²) in [5, 5.41) is 22.2. The Labute approximate surface area is 456 Å². The van der Waals surface area contributed by atoms with Crippen LogP contribution in [0.4, 0.5) is 11.5 Å². The molecule has 6 heterocycles. The van der Waals surface area contributed by atoms with E-state index in [1.54, 1.807) is 12.1 Å². The fourth-order valence-corrected chi connectivity index (χ4v) is 14.5. The van der Waals surface area contributed by atoms with Gasteiger partial charge in [-0.3, -0.25) is 19.5 Å². The molecule has 0 amide bonds. The fraction of sp³-hybridized carbons (Fsp3) is 0.586. The summed E-state index contributed by atoms with van der Waals surface area (Å²) in [6.07, 6.45) is 12.6. The smallest absolute Gasteiger partial charge is 0.309 e. The van der Waals surface area contributed by atoms with Crippen LogP contribution >= 0.6 is 46.4 Å². The lowest BCUT2D eigenvalue weighted by Crippen LogP contribution is -2.60. The Kier molecular flexibility index (Phi) is 14.6. The normalized spacial score (nSPS) is 29.6. The molecular weight excluding hydrogens is 1020 g/mol. The van der Waals surface area contributed by atoms with Crippen LogP contribution in [0.15, 0.2) is 60.9 Å². The highest BCUT2D eigenvalue weighted by molar-refractivity contribution is 6.35. The van der Waals surface area contributed by atoms with Gasteiger partial charge in [-0.05, 0) is 158 Å². The van der Waals surface area contributed by atoms with Gasteiger partial charge in [-0.25, -0.2) is 4.98 Å². The summed E-state index contributed by atoms with van der Waals surface area (Å²) in [5.74, 6) is 3.90. The fourth-order valence-electron chi connectivity index (χ4n) is 13.4. The predicted octanol–water partition coefficient (Wildman–Crippen LogP) is 12.5. The van der Waals surface area contributed by atoms with Gasteiger partial charge < -0.3 is 34.4 Å². The van der Waals surface area contributed by atoms with Crippen LogP contribution < -0.4 is 19.3 Å². The van der Waals surface area contributed by atoms with Gasteiger partial charge in [0.1, 0.15) is 29.5 Å². The summed E-state index contributed by atoms with van der Waals surface area (Å²) in [4.78, 5) is 44.4. The molecule has 2 aromatic heterocycles. The molecule has 7 aliphatic rings. The number of hydrogen-bond acceptors (Lipinski definition) is 10. The van der Waals surface area contributed by atoms with Gasteiger partial charge in [0.15, 0.2) is 0 Å². The van der Waals surface area contributed by atoms with Crippen molar-refractivity contribution in [2.75, 3.05) is 62.2 Å². The second kappa shape index (κ2) is 20.7. The van der Waals surface area contributed by atoms with E-state index >= 15 is 0 Å². The molecular formula is C58H70Cl4N6O6.